The molecule has 0 radical (unpaired) electrons. The maximum atomic E-state index is 11.8. The van der Waals surface area contributed by atoms with Gasteiger partial charge in [0, 0.05) is 12.1 Å². The Morgan fingerprint density at radius 2 is 1.84 bits per heavy atom. The Bertz CT molecular complexity index is 770. The molecule has 25 heavy (non-hydrogen) atoms. The highest BCUT2D eigenvalue weighted by Crippen LogP contribution is 2.17. The second kappa shape index (κ2) is 8.44. The van der Waals surface area contributed by atoms with Crippen LogP contribution in [0.4, 0.5) is 5.69 Å². The molecule has 0 heterocycles. The van der Waals surface area contributed by atoms with Crippen molar-refractivity contribution in [3.63, 3.8) is 0 Å². The number of benzene rings is 2. The molecule has 0 saturated carbocycles. The van der Waals surface area contributed by atoms with Crippen molar-refractivity contribution in [2.75, 3.05) is 6.61 Å². The molecule has 2 N–H and O–H groups in total. The van der Waals surface area contributed by atoms with Crippen LogP contribution in [-0.4, -0.2) is 28.3 Å². The Morgan fingerprint density at radius 1 is 1.20 bits per heavy atom. The molecule has 0 aromatic heterocycles. The Morgan fingerprint density at radius 3 is 2.40 bits per heavy atom. The number of ether oxygens (including phenoxy) is 1. The number of nitrogens with one attached hydrogen (secondary N) is 1. The molecular weight excluding hydrogens is 326 g/mol. The van der Waals surface area contributed by atoms with Gasteiger partial charge >= 0.3 is 0 Å². The summed E-state index contributed by atoms with van der Waals surface area (Å²) in [5.41, 5.74) is 3.79. The number of nitro benzene ring substituents is 1. The quantitative estimate of drug-likeness (QED) is 0.456. The fraction of sp³-hybridized carbons (Fsp3) is 0.176. The van der Waals surface area contributed by atoms with E-state index in [9.17, 15) is 20.0 Å². The SMILES string of the molecule is CCC(=NNC(=O)COc1ccc([N+](=O)[O-])cc1)c1ccc(O)cc1. The van der Waals surface area contributed by atoms with Gasteiger partial charge in [-0.1, -0.05) is 6.92 Å². The van der Waals surface area contributed by atoms with Gasteiger partial charge in [0.15, 0.2) is 6.61 Å². The van der Waals surface area contributed by atoms with Crippen molar-refractivity contribution < 1.29 is 19.6 Å². The molecule has 0 aliphatic rings. The van der Waals surface area contributed by atoms with Crippen LogP contribution in [0.15, 0.2) is 53.6 Å². The molecule has 8 nitrogen and oxygen atoms in total. The molecule has 0 fully saturated rings. The molecule has 2 aromatic carbocycles. The van der Waals surface area contributed by atoms with E-state index in [0.29, 0.717) is 17.9 Å². The van der Waals surface area contributed by atoms with Crippen LogP contribution in [0.2, 0.25) is 0 Å². The van der Waals surface area contributed by atoms with Gasteiger partial charge in [0.2, 0.25) is 0 Å². The average molecular weight is 343 g/mol. The van der Waals surface area contributed by atoms with E-state index in [4.69, 9.17) is 4.74 Å². The third-order valence-corrected chi connectivity index (χ3v) is 3.27. The van der Waals surface area contributed by atoms with Crippen molar-refractivity contribution in [1.29, 1.82) is 0 Å². The number of aromatic hydroxyl groups is 1. The molecule has 2 rings (SSSR count). The second-order valence-electron chi connectivity index (χ2n) is 5.03. The smallest absolute Gasteiger partial charge is 0.277 e. The molecule has 2 aromatic rings. The lowest BCUT2D eigenvalue weighted by molar-refractivity contribution is -0.384. The zero-order valence-electron chi connectivity index (χ0n) is 13.5. The number of hydrogen-bond donors (Lipinski definition) is 2. The molecular formula is C17H17N3O5. The number of phenols is 1. The summed E-state index contributed by atoms with van der Waals surface area (Å²) in [7, 11) is 0. The maximum absolute atomic E-state index is 11.8. The molecule has 0 atom stereocenters. The number of rotatable bonds is 7. The highest BCUT2D eigenvalue weighted by molar-refractivity contribution is 6.01. The van der Waals surface area contributed by atoms with E-state index in [1.54, 1.807) is 24.3 Å². The Hall–Kier alpha value is -3.42. The summed E-state index contributed by atoms with van der Waals surface area (Å²) in [5, 5.41) is 23.9. The molecule has 0 spiro atoms. The van der Waals surface area contributed by atoms with Crippen LogP contribution in [0.5, 0.6) is 11.5 Å². The van der Waals surface area contributed by atoms with Crippen molar-refractivity contribution in [3.05, 3.63) is 64.2 Å². The fourth-order valence-electron chi connectivity index (χ4n) is 1.98. The van der Waals surface area contributed by atoms with Crippen LogP contribution in [0.1, 0.15) is 18.9 Å². The van der Waals surface area contributed by atoms with Gasteiger partial charge in [0.05, 0.1) is 10.6 Å². The summed E-state index contributed by atoms with van der Waals surface area (Å²) in [6.45, 7) is 1.62. The van der Waals surface area contributed by atoms with Gasteiger partial charge < -0.3 is 9.84 Å². The number of nitrogens with zero attached hydrogens (tertiary/aromatic N) is 2. The number of non-ortho nitro benzene ring substituents is 1. The number of carbonyl (C=O) groups excluding carboxylic acids is 1. The van der Waals surface area contributed by atoms with Crippen LogP contribution in [-0.2, 0) is 4.79 Å². The monoisotopic (exact) mass is 343 g/mol. The molecule has 0 aliphatic heterocycles. The minimum absolute atomic E-state index is 0.0529. The molecule has 0 saturated heterocycles. The average Bonchev–Trinajstić information content (AvgIpc) is 2.62. The third-order valence-electron chi connectivity index (χ3n) is 3.27. The molecule has 130 valence electrons. The third kappa shape index (κ3) is 5.31. The van der Waals surface area contributed by atoms with Gasteiger partial charge in [-0.3, -0.25) is 14.9 Å². The zero-order valence-corrected chi connectivity index (χ0v) is 13.5. The lowest BCUT2D eigenvalue weighted by Gasteiger charge is -2.07. The first-order chi connectivity index (χ1) is 12.0. The minimum atomic E-state index is -0.513. The van der Waals surface area contributed by atoms with E-state index in [-0.39, 0.29) is 18.0 Å². The molecule has 0 unspecified atom stereocenters. The van der Waals surface area contributed by atoms with Crippen molar-refractivity contribution in [3.8, 4) is 11.5 Å². The summed E-state index contributed by atoms with van der Waals surface area (Å²) in [6.07, 6.45) is 0.592. The predicted octanol–water partition coefficient (Wildman–Crippen LogP) is 2.61. The normalized spacial score (nSPS) is 11.0. The fourth-order valence-corrected chi connectivity index (χ4v) is 1.98. The number of amides is 1. The summed E-state index contributed by atoms with van der Waals surface area (Å²) in [5.74, 6) is 0.0433. The molecule has 8 heteroatoms. The largest absolute Gasteiger partial charge is 0.508 e. The Labute approximate surface area is 143 Å². The van der Waals surface area contributed by atoms with E-state index >= 15 is 0 Å². The van der Waals surface area contributed by atoms with Crippen molar-refractivity contribution in [2.24, 2.45) is 5.10 Å². The first-order valence-electron chi connectivity index (χ1n) is 7.51. The lowest BCUT2D eigenvalue weighted by Crippen LogP contribution is -2.26. The van der Waals surface area contributed by atoms with Gasteiger partial charge in [-0.2, -0.15) is 5.10 Å². The number of carbonyl (C=O) groups is 1. The summed E-state index contributed by atoms with van der Waals surface area (Å²) in [4.78, 5) is 21.9. The first kappa shape index (κ1) is 17.9. The van der Waals surface area contributed by atoms with Crippen LogP contribution >= 0.6 is 0 Å². The highest BCUT2D eigenvalue weighted by atomic mass is 16.6. The van der Waals surface area contributed by atoms with E-state index in [2.05, 4.69) is 10.5 Å². The minimum Gasteiger partial charge on any atom is -0.508 e. The predicted molar refractivity (Wildman–Crippen MR) is 91.7 cm³/mol. The number of hydrazone groups is 1. The highest BCUT2D eigenvalue weighted by Gasteiger charge is 2.07. The molecule has 1 amide bonds. The Balaban J connectivity index is 1.90. The van der Waals surface area contributed by atoms with Gasteiger partial charge in [-0.25, -0.2) is 5.43 Å². The lowest BCUT2D eigenvalue weighted by atomic mass is 10.1. The zero-order chi connectivity index (χ0) is 18.2. The van der Waals surface area contributed by atoms with Gasteiger partial charge in [0.25, 0.3) is 11.6 Å². The Kier molecular flexibility index (Phi) is 6.05. The topological polar surface area (TPSA) is 114 Å². The van der Waals surface area contributed by atoms with E-state index < -0.39 is 10.8 Å². The van der Waals surface area contributed by atoms with Crippen molar-refractivity contribution in [1.82, 2.24) is 5.43 Å². The standard InChI is InChI=1S/C17H17N3O5/c1-2-16(12-3-7-14(21)8-4-12)18-19-17(22)11-25-15-9-5-13(6-10-15)20(23)24/h3-10,21H,2,11H2,1H3,(H,19,22). The number of nitro groups is 1. The first-order valence-corrected chi connectivity index (χ1v) is 7.51. The van der Waals surface area contributed by atoms with Crippen LogP contribution in [0.25, 0.3) is 0 Å². The van der Waals surface area contributed by atoms with Crippen molar-refractivity contribution >= 4 is 17.3 Å². The van der Waals surface area contributed by atoms with Crippen LogP contribution in [0, 0.1) is 10.1 Å². The molecule has 0 aliphatic carbocycles. The van der Waals surface area contributed by atoms with Gasteiger partial charge in [0.1, 0.15) is 11.5 Å². The number of phenolic OH excluding ortho intramolecular Hbond substituents is 1. The van der Waals surface area contributed by atoms with E-state index in [1.165, 1.54) is 24.3 Å². The van der Waals surface area contributed by atoms with E-state index in [0.717, 1.165) is 5.56 Å². The summed E-state index contributed by atoms with van der Waals surface area (Å²) < 4.78 is 5.25. The summed E-state index contributed by atoms with van der Waals surface area (Å²) in [6, 6.07) is 11.9. The second-order valence-corrected chi connectivity index (χ2v) is 5.03. The maximum Gasteiger partial charge on any atom is 0.277 e. The molecule has 0 bridgehead atoms. The number of hydrogen-bond acceptors (Lipinski definition) is 6. The van der Waals surface area contributed by atoms with Crippen molar-refractivity contribution in [2.45, 2.75) is 13.3 Å². The van der Waals surface area contributed by atoms with Gasteiger partial charge in [-0.05, 0) is 48.4 Å². The van der Waals surface area contributed by atoms with Crippen LogP contribution in [0.3, 0.4) is 0 Å². The van der Waals surface area contributed by atoms with Crippen LogP contribution < -0.4 is 10.2 Å². The van der Waals surface area contributed by atoms with Gasteiger partial charge in [-0.15, -0.1) is 0 Å². The summed E-state index contributed by atoms with van der Waals surface area (Å²) >= 11 is 0. The van der Waals surface area contributed by atoms with E-state index in [1.807, 2.05) is 6.92 Å².